The maximum Gasteiger partial charge on any atom is 0.321 e. The van der Waals surface area contributed by atoms with Crippen molar-refractivity contribution in [2.75, 3.05) is 25.5 Å². The molecule has 0 saturated carbocycles. The predicted octanol–water partition coefficient (Wildman–Crippen LogP) is 1.70. The van der Waals surface area contributed by atoms with Gasteiger partial charge < -0.3 is 14.7 Å². The molecule has 2 heterocycles. The molecule has 1 aromatic rings. The molecule has 0 aliphatic carbocycles. The van der Waals surface area contributed by atoms with Crippen molar-refractivity contribution in [3.63, 3.8) is 0 Å². The zero-order valence-corrected chi connectivity index (χ0v) is 10.2. The molecule has 5 nitrogen and oxygen atoms in total. The fourth-order valence-electron chi connectivity index (χ4n) is 1.86. The van der Waals surface area contributed by atoms with Gasteiger partial charge in [0, 0.05) is 12.0 Å². The first-order valence-corrected chi connectivity index (χ1v) is 5.94. The molecular formula is C11H20N4O. The summed E-state index contributed by atoms with van der Waals surface area (Å²) in [5, 5.41) is 7.25. The van der Waals surface area contributed by atoms with Gasteiger partial charge >= 0.3 is 6.01 Å². The van der Waals surface area contributed by atoms with E-state index >= 15 is 0 Å². The second kappa shape index (κ2) is 4.82. The van der Waals surface area contributed by atoms with Gasteiger partial charge in [-0.3, -0.25) is 0 Å². The average Bonchev–Trinajstić information content (AvgIpc) is 2.70. The van der Waals surface area contributed by atoms with Gasteiger partial charge in [-0.15, -0.1) is 0 Å². The highest BCUT2D eigenvalue weighted by Crippen LogP contribution is 2.16. The first-order chi connectivity index (χ1) is 7.65. The molecule has 0 aromatic carbocycles. The number of rotatable bonds is 3. The number of aromatic nitrogens is 2. The Morgan fingerprint density at radius 3 is 2.62 bits per heavy atom. The van der Waals surface area contributed by atoms with E-state index in [1.165, 1.54) is 0 Å². The summed E-state index contributed by atoms with van der Waals surface area (Å²) in [6.07, 6.45) is 2.27. The fraction of sp³-hybridized carbons (Fsp3) is 0.818. The van der Waals surface area contributed by atoms with Gasteiger partial charge in [0.15, 0.2) is 5.82 Å². The number of nitrogens with one attached hydrogen (secondary N) is 1. The molecule has 1 saturated heterocycles. The van der Waals surface area contributed by atoms with Crippen LogP contribution in [0.15, 0.2) is 4.52 Å². The lowest BCUT2D eigenvalue weighted by Gasteiger charge is -2.28. The molecule has 1 N–H and O–H groups in total. The summed E-state index contributed by atoms with van der Waals surface area (Å²) in [6.45, 7) is 6.38. The normalized spacial score (nSPS) is 19.2. The molecule has 1 fully saturated rings. The van der Waals surface area contributed by atoms with E-state index in [0.29, 0.717) is 18.0 Å². The summed E-state index contributed by atoms with van der Waals surface area (Å²) in [7, 11) is 2.15. The van der Waals surface area contributed by atoms with E-state index in [1.807, 2.05) is 0 Å². The van der Waals surface area contributed by atoms with Gasteiger partial charge in [-0.2, -0.15) is 4.98 Å². The third-order valence-corrected chi connectivity index (χ3v) is 3.00. The van der Waals surface area contributed by atoms with Crippen LogP contribution in [-0.4, -0.2) is 41.2 Å². The van der Waals surface area contributed by atoms with Crippen molar-refractivity contribution >= 4 is 6.01 Å². The van der Waals surface area contributed by atoms with Gasteiger partial charge in [-0.05, 0) is 33.0 Å². The summed E-state index contributed by atoms with van der Waals surface area (Å²) < 4.78 is 5.17. The quantitative estimate of drug-likeness (QED) is 0.847. The van der Waals surface area contributed by atoms with Crippen molar-refractivity contribution in [1.29, 1.82) is 0 Å². The van der Waals surface area contributed by atoms with E-state index in [9.17, 15) is 0 Å². The number of piperidine rings is 1. The van der Waals surface area contributed by atoms with Crippen LogP contribution in [0, 0.1) is 0 Å². The van der Waals surface area contributed by atoms with Crippen LogP contribution in [0.25, 0.3) is 0 Å². The highest BCUT2D eigenvalue weighted by atomic mass is 16.5. The first-order valence-electron chi connectivity index (χ1n) is 5.94. The Hall–Kier alpha value is -1.10. The van der Waals surface area contributed by atoms with Crippen molar-refractivity contribution in [2.45, 2.75) is 38.6 Å². The third-order valence-electron chi connectivity index (χ3n) is 3.00. The SMILES string of the molecule is CC(C)c1noc(NC2CCN(C)CC2)n1. The highest BCUT2D eigenvalue weighted by molar-refractivity contribution is 5.21. The van der Waals surface area contributed by atoms with Crippen LogP contribution < -0.4 is 5.32 Å². The lowest BCUT2D eigenvalue weighted by Crippen LogP contribution is -2.36. The molecule has 16 heavy (non-hydrogen) atoms. The summed E-state index contributed by atoms with van der Waals surface area (Å²) in [6, 6.07) is 1.04. The van der Waals surface area contributed by atoms with Gasteiger partial charge in [0.05, 0.1) is 0 Å². The Balaban J connectivity index is 1.88. The average molecular weight is 224 g/mol. The van der Waals surface area contributed by atoms with Crippen molar-refractivity contribution in [2.24, 2.45) is 0 Å². The lowest BCUT2D eigenvalue weighted by molar-refractivity contribution is 0.261. The Morgan fingerprint density at radius 2 is 2.06 bits per heavy atom. The summed E-state index contributed by atoms with van der Waals surface area (Å²) >= 11 is 0. The summed E-state index contributed by atoms with van der Waals surface area (Å²) in [5.74, 6) is 1.09. The van der Waals surface area contributed by atoms with Gasteiger partial charge in [-0.1, -0.05) is 19.0 Å². The van der Waals surface area contributed by atoms with E-state index in [4.69, 9.17) is 4.52 Å². The van der Waals surface area contributed by atoms with Gasteiger partial charge in [-0.25, -0.2) is 0 Å². The second-order valence-electron chi connectivity index (χ2n) is 4.83. The Morgan fingerprint density at radius 1 is 1.38 bits per heavy atom. The van der Waals surface area contributed by atoms with Gasteiger partial charge in [0.1, 0.15) is 0 Å². The van der Waals surface area contributed by atoms with Crippen LogP contribution in [0.1, 0.15) is 38.4 Å². The fourth-order valence-corrected chi connectivity index (χ4v) is 1.86. The number of likely N-dealkylation sites (tertiary alicyclic amines) is 1. The number of anilines is 1. The monoisotopic (exact) mass is 224 g/mol. The molecule has 5 heteroatoms. The molecule has 90 valence electrons. The molecular weight excluding hydrogens is 204 g/mol. The van der Waals surface area contributed by atoms with Gasteiger partial charge in [0.2, 0.25) is 0 Å². The Bertz CT molecular complexity index is 328. The predicted molar refractivity (Wildman–Crippen MR) is 62.5 cm³/mol. The summed E-state index contributed by atoms with van der Waals surface area (Å²) in [5.41, 5.74) is 0. The largest absolute Gasteiger partial charge is 0.335 e. The van der Waals surface area contributed by atoms with Crippen LogP contribution in [0.2, 0.25) is 0 Å². The standard InChI is InChI=1S/C11H20N4O/c1-8(2)10-13-11(16-14-10)12-9-4-6-15(3)7-5-9/h8-9H,4-7H2,1-3H3,(H,12,13,14). The zero-order valence-electron chi connectivity index (χ0n) is 10.2. The third kappa shape index (κ3) is 2.72. The topological polar surface area (TPSA) is 54.2 Å². The second-order valence-corrected chi connectivity index (χ2v) is 4.83. The van der Waals surface area contributed by atoms with Crippen molar-refractivity contribution in [1.82, 2.24) is 15.0 Å². The van der Waals surface area contributed by atoms with Crippen molar-refractivity contribution < 1.29 is 4.52 Å². The highest BCUT2D eigenvalue weighted by Gasteiger charge is 2.18. The smallest absolute Gasteiger partial charge is 0.321 e. The summed E-state index contributed by atoms with van der Waals surface area (Å²) in [4.78, 5) is 6.66. The van der Waals surface area contributed by atoms with Gasteiger partial charge in [0.25, 0.3) is 0 Å². The van der Waals surface area contributed by atoms with Crippen LogP contribution in [0.5, 0.6) is 0 Å². The van der Waals surface area contributed by atoms with Crippen molar-refractivity contribution in [3.05, 3.63) is 5.82 Å². The van der Waals surface area contributed by atoms with E-state index in [1.54, 1.807) is 0 Å². The lowest BCUT2D eigenvalue weighted by atomic mass is 10.1. The minimum Gasteiger partial charge on any atom is -0.335 e. The number of hydrogen-bond donors (Lipinski definition) is 1. The number of hydrogen-bond acceptors (Lipinski definition) is 5. The Labute approximate surface area is 96.2 Å². The van der Waals surface area contributed by atoms with E-state index in [2.05, 4.69) is 41.3 Å². The molecule has 2 rings (SSSR count). The van der Waals surface area contributed by atoms with E-state index < -0.39 is 0 Å². The molecule has 0 bridgehead atoms. The first kappa shape index (κ1) is 11.4. The maximum atomic E-state index is 5.17. The molecule has 1 aliphatic heterocycles. The van der Waals surface area contributed by atoms with Crippen LogP contribution >= 0.6 is 0 Å². The number of nitrogens with zero attached hydrogens (tertiary/aromatic N) is 3. The van der Waals surface area contributed by atoms with E-state index in [0.717, 1.165) is 31.8 Å². The minimum atomic E-state index is 0.316. The maximum absolute atomic E-state index is 5.17. The van der Waals surface area contributed by atoms with Crippen LogP contribution in [-0.2, 0) is 0 Å². The molecule has 0 radical (unpaired) electrons. The zero-order chi connectivity index (χ0) is 11.5. The molecule has 0 spiro atoms. The van der Waals surface area contributed by atoms with Crippen LogP contribution in [0.3, 0.4) is 0 Å². The molecule has 0 unspecified atom stereocenters. The molecule has 0 amide bonds. The Kier molecular flexibility index (Phi) is 3.43. The van der Waals surface area contributed by atoms with E-state index in [-0.39, 0.29) is 0 Å². The van der Waals surface area contributed by atoms with Crippen molar-refractivity contribution in [3.8, 4) is 0 Å². The molecule has 1 aromatic heterocycles. The van der Waals surface area contributed by atoms with Crippen LogP contribution in [0.4, 0.5) is 6.01 Å². The molecule has 0 atom stereocenters. The minimum absolute atomic E-state index is 0.316. The molecule has 1 aliphatic rings.